The maximum Gasteiger partial charge on any atom is 0.165 e. The van der Waals surface area contributed by atoms with E-state index in [9.17, 15) is 0 Å². The normalized spacial score (nSPS) is 22.4. The lowest BCUT2D eigenvalue weighted by molar-refractivity contribution is -0.147. The lowest BCUT2D eigenvalue weighted by Crippen LogP contribution is -2.24. The van der Waals surface area contributed by atoms with E-state index < -0.39 is 0 Å². The Bertz CT molecular complexity index is 106. The monoisotopic (exact) mass is 158 g/mol. The standard InChI is InChI=1S/C9H18O2/c1-3-4-5-6-9(2)10-7-8-11-9/h3-8H2,1-2H3. The molecule has 0 unspecified atom stereocenters. The smallest absolute Gasteiger partial charge is 0.165 e. The lowest BCUT2D eigenvalue weighted by atomic mass is 10.1. The van der Waals surface area contributed by atoms with Crippen LogP contribution < -0.4 is 0 Å². The van der Waals surface area contributed by atoms with E-state index in [1.54, 1.807) is 0 Å². The molecular weight excluding hydrogens is 140 g/mol. The van der Waals surface area contributed by atoms with Crippen molar-refractivity contribution >= 4 is 0 Å². The molecule has 1 rings (SSSR count). The quantitative estimate of drug-likeness (QED) is 0.585. The molecule has 66 valence electrons. The Morgan fingerprint density at radius 1 is 1.18 bits per heavy atom. The third-order valence-electron chi connectivity index (χ3n) is 2.13. The van der Waals surface area contributed by atoms with E-state index >= 15 is 0 Å². The second-order valence-corrected chi connectivity index (χ2v) is 3.29. The Morgan fingerprint density at radius 2 is 1.82 bits per heavy atom. The van der Waals surface area contributed by atoms with Crippen LogP contribution in [0.1, 0.15) is 39.5 Å². The molecule has 0 aromatic carbocycles. The van der Waals surface area contributed by atoms with Gasteiger partial charge >= 0.3 is 0 Å². The summed E-state index contributed by atoms with van der Waals surface area (Å²) in [5.74, 6) is -0.255. The van der Waals surface area contributed by atoms with E-state index in [0.717, 1.165) is 19.6 Å². The molecule has 1 heterocycles. The zero-order valence-electron chi connectivity index (χ0n) is 7.56. The van der Waals surface area contributed by atoms with E-state index in [-0.39, 0.29) is 5.79 Å². The molecule has 0 radical (unpaired) electrons. The van der Waals surface area contributed by atoms with Gasteiger partial charge in [0.25, 0.3) is 0 Å². The first-order valence-electron chi connectivity index (χ1n) is 4.55. The van der Waals surface area contributed by atoms with E-state index in [4.69, 9.17) is 9.47 Å². The zero-order chi connectivity index (χ0) is 8.16. The van der Waals surface area contributed by atoms with E-state index in [0.29, 0.717) is 0 Å². The maximum absolute atomic E-state index is 5.46. The summed E-state index contributed by atoms with van der Waals surface area (Å²) in [5, 5.41) is 0. The second-order valence-electron chi connectivity index (χ2n) is 3.29. The van der Waals surface area contributed by atoms with Gasteiger partial charge in [0.2, 0.25) is 0 Å². The highest BCUT2D eigenvalue weighted by Crippen LogP contribution is 2.24. The van der Waals surface area contributed by atoms with Crippen LogP contribution in [0.15, 0.2) is 0 Å². The van der Waals surface area contributed by atoms with Gasteiger partial charge in [-0.25, -0.2) is 0 Å². The zero-order valence-corrected chi connectivity index (χ0v) is 7.56. The Hall–Kier alpha value is -0.0800. The molecule has 0 atom stereocenters. The topological polar surface area (TPSA) is 18.5 Å². The number of hydrogen-bond donors (Lipinski definition) is 0. The predicted molar refractivity (Wildman–Crippen MR) is 44.5 cm³/mol. The Kier molecular flexibility index (Phi) is 3.34. The average Bonchev–Trinajstić information content (AvgIpc) is 2.38. The van der Waals surface area contributed by atoms with Crippen LogP contribution in [0.3, 0.4) is 0 Å². The fraction of sp³-hybridized carbons (Fsp3) is 1.00. The lowest BCUT2D eigenvalue weighted by Gasteiger charge is -2.21. The van der Waals surface area contributed by atoms with Gasteiger partial charge in [-0.3, -0.25) is 0 Å². The van der Waals surface area contributed by atoms with Gasteiger partial charge in [-0.1, -0.05) is 19.8 Å². The number of hydrogen-bond acceptors (Lipinski definition) is 2. The Balaban J connectivity index is 2.13. The summed E-state index contributed by atoms with van der Waals surface area (Å²) >= 11 is 0. The highest BCUT2D eigenvalue weighted by atomic mass is 16.7. The van der Waals surface area contributed by atoms with Crippen LogP contribution >= 0.6 is 0 Å². The van der Waals surface area contributed by atoms with Crippen LogP contribution in [-0.2, 0) is 9.47 Å². The van der Waals surface area contributed by atoms with Crippen molar-refractivity contribution in [2.45, 2.75) is 45.3 Å². The first-order valence-corrected chi connectivity index (χ1v) is 4.55. The van der Waals surface area contributed by atoms with Gasteiger partial charge in [0.1, 0.15) is 0 Å². The van der Waals surface area contributed by atoms with Gasteiger partial charge in [0.05, 0.1) is 13.2 Å². The van der Waals surface area contributed by atoms with Crippen LogP contribution in [0.2, 0.25) is 0 Å². The molecule has 0 aliphatic carbocycles. The minimum Gasteiger partial charge on any atom is -0.348 e. The maximum atomic E-state index is 5.46. The summed E-state index contributed by atoms with van der Waals surface area (Å²) in [6.07, 6.45) is 4.80. The summed E-state index contributed by atoms with van der Waals surface area (Å²) in [6.45, 7) is 5.78. The highest BCUT2D eigenvalue weighted by molar-refractivity contribution is 4.67. The van der Waals surface area contributed by atoms with Crippen LogP contribution in [0.5, 0.6) is 0 Å². The largest absolute Gasteiger partial charge is 0.348 e. The van der Waals surface area contributed by atoms with Crippen molar-refractivity contribution in [1.29, 1.82) is 0 Å². The molecule has 0 amide bonds. The first-order chi connectivity index (χ1) is 5.27. The Morgan fingerprint density at radius 3 is 2.36 bits per heavy atom. The fourth-order valence-electron chi connectivity index (χ4n) is 1.40. The van der Waals surface area contributed by atoms with Crippen LogP contribution in [0.25, 0.3) is 0 Å². The molecule has 1 aliphatic rings. The summed E-state index contributed by atoms with van der Waals surface area (Å²) in [5.41, 5.74) is 0. The van der Waals surface area contributed by atoms with Gasteiger partial charge in [-0.05, 0) is 13.3 Å². The molecule has 2 nitrogen and oxygen atoms in total. The van der Waals surface area contributed by atoms with Crippen molar-refractivity contribution in [3.8, 4) is 0 Å². The van der Waals surface area contributed by atoms with Crippen LogP contribution in [0.4, 0.5) is 0 Å². The number of ether oxygens (including phenoxy) is 2. The highest BCUT2D eigenvalue weighted by Gasteiger charge is 2.29. The summed E-state index contributed by atoms with van der Waals surface area (Å²) in [4.78, 5) is 0. The van der Waals surface area contributed by atoms with Crippen LogP contribution in [0, 0.1) is 0 Å². The molecule has 0 saturated carbocycles. The van der Waals surface area contributed by atoms with Crippen molar-refractivity contribution in [2.75, 3.05) is 13.2 Å². The van der Waals surface area contributed by atoms with Crippen molar-refractivity contribution in [3.05, 3.63) is 0 Å². The van der Waals surface area contributed by atoms with Gasteiger partial charge < -0.3 is 9.47 Å². The predicted octanol–water partition coefficient (Wildman–Crippen LogP) is 2.33. The van der Waals surface area contributed by atoms with Crippen molar-refractivity contribution in [2.24, 2.45) is 0 Å². The van der Waals surface area contributed by atoms with E-state index in [1.807, 2.05) is 6.92 Å². The van der Waals surface area contributed by atoms with Gasteiger partial charge in [0, 0.05) is 6.42 Å². The molecule has 0 bridgehead atoms. The molecule has 0 N–H and O–H groups in total. The SMILES string of the molecule is CCCCCC1(C)OCCO1. The molecule has 11 heavy (non-hydrogen) atoms. The molecule has 0 aromatic rings. The summed E-state index contributed by atoms with van der Waals surface area (Å²) in [7, 11) is 0. The minimum absolute atomic E-state index is 0.255. The molecule has 0 spiro atoms. The third-order valence-corrected chi connectivity index (χ3v) is 2.13. The molecule has 2 heteroatoms. The minimum atomic E-state index is -0.255. The van der Waals surface area contributed by atoms with Crippen molar-refractivity contribution in [3.63, 3.8) is 0 Å². The van der Waals surface area contributed by atoms with Gasteiger partial charge in [-0.2, -0.15) is 0 Å². The third kappa shape index (κ3) is 2.80. The number of unbranched alkanes of at least 4 members (excludes halogenated alkanes) is 2. The van der Waals surface area contributed by atoms with Gasteiger partial charge in [-0.15, -0.1) is 0 Å². The molecule has 1 saturated heterocycles. The fourth-order valence-corrected chi connectivity index (χ4v) is 1.40. The first kappa shape index (κ1) is 9.01. The molecule has 1 fully saturated rings. The van der Waals surface area contributed by atoms with Gasteiger partial charge in [0.15, 0.2) is 5.79 Å². The average molecular weight is 158 g/mol. The number of rotatable bonds is 4. The molecule has 0 aromatic heterocycles. The van der Waals surface area contributed by atoms with Crippen molar-refractivity contribution in [1.82, 2.24) is 0 Å². The van der Waals surface area contributed by atoms with Crippen molar-refractivity contribution < 1.29 is 9.47 Å². The Labute approximate surface area is 68.9 Å². The van der Waals surface area contributed by atoms with Crippen LogP contribution in [-0.4, -0.2) is 19.0 Å². The second kappa shape index (κ2) is 4.07. The van der Waals surface area contributed by atoms with E-state index in [1.165, 1.54) is 19.3 Å². The van der Waals surface area contributed by atoms with E-state index in [2.05, 4.69) is 6.92 Å². The summed E-state index contributed by atoms with van der Waals surface area (Å²) < 4.78 is 10.9. The summed E-state index contributed by atoms with van der Waals surface area (Å²) in [6, 6.07) is 0. The molecular formula is C9H18O2. The molecule has 1 aliphatic heterocycles.